The van der Waals surface area contributed by atoms with E-state index in [0.717, 1.165) is 18.4 Å². The van der Waals surface area contributed by atoms with Crippen molar-refractivity contribution in [3.8, 4) is 0 Å². The van der Waals surface area contributed by atoms with E-state index in [1.807, 2.05) is 37.3 Å². The lowest BCUT2D eigenvalue weighted by Gasteiger charge is -2.23. The molecule has 0 aliphatic rings. The van der Waals surface area contributed by atoms with Crippen molar-refractivity contribution in [1.82, 2.24) is 5.32 Å². The van der Waals surface area contributed by atoms with Crippen LogP contribution in [0, 0.1) is 11.8 Å². The molecular formula is C26H43NO3. The van der Waals surface area contributed by atoms with E-state index in [1.165, 1.54) is 51.4 Å². The van der Waals surface area contributed by atoms with Crippen LogP contribution in [-0.2, 0) is 9.59 Å². The first-order chi connectivity index (χ1) is 14.5. The molecule has 1 unspecified atom stereocenters. The minimum absolute atomic E-state index is 0.101. The molecular weight excluding hydrogens is 374 g/mol. The van der Waals surface area contributed by atoms with Crippen LogP contribution in [0.4, 0.5) is 0 Å². The minimum atomic E-state index is -0.889. The SMILES string of the molecule is CCCCCCCCCCCCNC(=O)[C@@H](C)C(C[C@@H](C)c1ccccc1)C(=O)O. The average Bonchev–Trinajstić information content (AvgIpc) is 2.75. The van der Waals surface area contributed by atoms with Gasteiger partial charge in [0.25, 0.3) is 0 Å². The lowest BCUT2D eigenvalue weighted by Crippen LogP contribution is -2.37. The van der Waals surface area contributed by atoms with Crippen molar-refractivity contribution in [2.24, 2.45) is 11.8 Å². The van der Waals surface area contributed by atoms with Crippen LogP contribution in [-0.4, -0.2) is 23.5 Å². The maximum atomic E-state index is 12.5. The van der Waals surface area contributed by atoms with Gasteiger partial charge < -0.3 is 10.4 Å². The Morgan fingerprint density at radius 3 is 1.93 bits per heavy atom. The summed E-state index contributed by atoms with van der Waals surface area (Å²) >= 11 is 0. The molecule has 0 fully saturated rings. The van der Waals surface area contributed by atoms with Gasteiger partial charge in [0.05, 0.1) is 5.92 Å². The summed E-state index contributed by atoms with van der Waals surface area (Å²) in [4.78, 5) is 24.3. The minimum Gasteiger partial charge on any atom is -0.481 e. The van der Waals surface area contributed by atoms with Gasteiger partial charge in [0.1, 0.15) is 0 Å². The van der Waals surface area contributed by atoms with Crippen LogP contribution in [0.15, 0.2) is 30.3 Å². The number of carboxylic acid groups (broad SMARTS) is 1. The molecule has 0 aliphatic carbocycles. The molecule has 0 saturated heterocycles. The third kappa shape index (κ3) is 10.8. The highest BCUT2D eigenvalue weighted by molar-refractivity contribution is 5.84. The summed E-state index contributed by atoms with van der Waals surface area (Å²) in [6.07, 6.45) is 13.1. The number of carboxylic acids is 1. The predicted molar refractivity (Wildman–Crippen MR) is 125 cm³/mol. The number of aliphatic carboxylic acids is 1. The molecule has 0 bridgehead atoms. The molecule has 0 aliphatic heterocycles. The summed E-state index contributed by atoms with van der Waals surface area (Å²) in [6, 6.07) is 9.90. The Kier molecular flexibility index (Phi) is 13.9. The number of hydrogen-bond donors (Lipinski definition) is 2. The van der Waals surface area contributed by atoms with Crippen LogP contribution in [0.1, 0.15) is 103 Å². The van der Waals surface area contributed by atoms with Gasteiger partial charge in [-0.15, -0.1) is 0 Å². The number of hydrogen-bond acceptors (Lipinski definition) is 2. The summed E-state index contributed by atoms with van der Waals surface area (Å²) in [6.45, 7) is 6.65. The molecule has 0 saturated carbocycles. The zero-order valence-electron chi connectivity index (χ0n) is 19.4. The van der Waals surface area contributed by atoms with Crippen molar-refractivity contribution >= 4 is 11.9 Å². The quantitative estimate of drug-likeness (QED) is 0.282. The van der Waals surface area contributed by atoms with Crippen molar-refractivity contribution in [2.45, 2.75) is 97.3 Å². The van der Waals surface area contributed by atoms with E-state index in [-0.39, 0.29) is 11.8 Å². The van der Waals surface area contributed by atoms with E-state index in [2.05, 4.69) is 12.2 Å². The van der Waals surface area contributed by atoms with Crippen LogP contribution in [0.3, 0.4) is 0 Å². The van der Waals surface area contributed by atoms with E-state index in [4.69, 9.17) is 0 Å². The molecule has 4 nitrogen and oxygen atoms in total. The molecule has 3 atom stereocenters. The van der Waals surface area contributed by atoms with Crippen LogP contribution in [0.2, 0.25) is 0 Å². The third-order valence-corrected chi connectivity index (χ3v) is 6.14. The van der Waals surface area contributed by atoms with Crippen LogP contribution in [0.5, 0.6) is 0 Å². The normalized spacial score (nSPS) is 14.1. The fourth-order valence-electron chi connectivity index (χ4n) is 3.99. The second kappa shape index (κ2) is 15.9. The molecule has 0 aromatic heterocycles. The monoisotopic (exact) mass is 417 g/mol. The summed E-state index contributed by atoms with van der Waals surface area (Å²) in [7, 11) is 0. The molecule has 4 heteroatoms. The Morgan fingerprint density at radius 2 is 1.40 bits per heavy atom. The number of rotatable bonds is 17. The lowest BCUT2D eigenvalue weighted by molar-refractivity contribution is -0.147. The second-order valence-corrected chi connectivity index (χ2v) is 8.75. The molecule has 1 rings (SSSR count). The molecule has 170 valence electrons. The smallest absolute Gasteiger partial charge is 0.307 e. The van der Waals surface area contributed by atoms with E-state index in [1.54, 1.807) is 6.92 Å². The fourth-order valence-corrected chi connectivity index (χ4v) is 3.99. The molecule has 1 aromatic carbocycles. The summed E-state index contributed by atoms with van der Waals surface area (Å²) in [5, 5.41) is 12.6. The van der Waals surface area contributed by atoms with Gasteiger partial charge in [-0.2, -0.15) is 0 Å². The van der Waals surface area contributed by atoms with Gasteiger partial charge in [-0.3, -0.25) is 9.59 Å². The molecule has 30 heavy (non-hydrogen) atoms. The maximum absolute atomic E-state index is 12.5. The number of benzene rings is 1. The van der Waals surface area contributed by atoms with Gasteiger partial charge in [0.15, 0.2) is 0 Å². The highest BCUT2D eigenvalue weighted by Crippen LogP contribution is 2.28. The standard InChI is InChI=1S/C26H43NO3/c1-4-5-6-7-8-9-10-11-12-16-19-27-25(28)22(3)24(26(29)30)20-21(2)23-17-14-13-15-18-23/h13-15,17-18,21-22,24H,4-12,16,19-20H2,1-3H3,(H,27,28)(H,29,30)/t21-,22+,24?/m1/s1. The van der Waals surface area contributed by atoms with Gasteiger partial charge in [0, 0.05) is 12.5 Å². The second-order valence-electron chi connectivity index (χ2n) is 8.75. The topological polar surface area (TPSA) is 66.4 Å². The Hall–Kier alpha value is -1.84. The lowest BCUT2D eigenvalue weighted by atomic mass is 9.83. The van der Waals surface area contributed by atoms with Crippen LogP contribution < -0.4 is 5.32 Å². The van der Waals surface area contributed by atoms with Gasteiger partial charge >= 0.3 is 5.97 Å². The maximum Gasteiger partial charge on any atom is 0.307 e. The largest absolute Gasteiger partial charge is 0.481 e. The summed E-state index contributed by atoms with van der Waals surface area (Å²) in [5.74, 6) is -2.13. The van der Waals surface area contributed by atoms with Gasteiger partial charge in [-0.1, -0.05) is 109 Å². The fraction of sp³-hybridized carbons (Fsp3) is 0.692. The van der Waals surface area contributed by atoms with Crippen molar-refractivity contribution < 1.29 is 14.7 Å². The number of unbranched alkanes of at least 4 members (excludes halogenated alkanes) is 9. The summed E-state index contributed by atoms with van der Waals surface area (Å²) < 4.78 is 0. The van der Waals surface area contributed by atoms with E-state index in [9.17, 15) is 14.7 Å². The van der Waals surface area contributed by atoms with Crippen LogP contribution >= 0.6 is 0 Å². The molecule has 1 aromatic rings. The molecule has 0 radical (unpaired) electrons. The average molecular weight is 418 g/mol. The molecule has 1 amide bonds. The first-order valence-corrected chi connectivity index (χ1v) is 12.0. The summed E-state index contributed by atoms with van der Waals surface area (Å²) in [5.41, 5.74) is 1.11. The highest BCUT2D eigenvalue weighted by Gasteiger charge is 2.31. The van der Waals surface area contributed by atoms with E-state index >= 15 is 0 Å². The number of carbonyl (C=O) groups is 2. The van der Waals surface area contributed by atoms with Crippen molar-refractivity contribution in [2.75, 3.05) is 6.54 Å². The van der Waals surface area contributed by atoms with Crippen molar-refractivity contribution in [3.05, 3.63) is 35.9 Å². The number of nitrogens with one attached hydrogen (secondary N) is 1. The molecule has 0 spiro atoms. The van der Waals surface area contributed by atoms with Crippen molar-refractivity contribution in [1.29, 1.82) is 0 Å². The highest BCUT2D eigenvalue weighted by atomic mass is 16.4. The van der Waals surface area contributed by atoms with Gasteiger partial charge in [-0.25, -0.2) is 0 Å². The molecule has 2 N–H and O–H groups in total. The van der Waals surface area contributed by atoms with Gasteiger partial charge in [-0.05, 0) is 24.3 Å². The zero-order chi connectivity index (χ0) is 22.2. The Labute approximate surface area is 183 Å². The predicted octanol–water partition coefficient (Wildman–Crippen LogP) is 6.55. The Morgan fingerprint density at radius 1 is 0.867 bits per heavy atom. The third-order valence-electron chi connectivity index (χ3n) is 6.14. The van der Waals surface area contributed by atoms with Crippen molar-refractivity contribution in [3.63, 3.8) is 0 Å². The first kappa shape index (κ1) is 26.2. The van der Waals surface area contributed by atoms with Gasteiger partial charge in [0.2, 0.25) is 5.91 Å². The Balaban J connectivity index is 2.25. The van der Waals surface area contributed by atoms with E-state index < -0.39 is 17.8 Å². The zero-order valence-corrected chi connectivity index (χ0v) is 19.4. The number of carbonyl (C=O) groups excluding carboxylic acids is 1. The Bertz CT molecular complexity index is 587. The first-order valence-electron chi connectivity index (χ1n) is 12.0. The molecule has 0 heterocycles. The number of amides is 1. The van der Waals surface area contributed by atoms with Crippen LogP contribution in [0.25, 0.3) is 0 Å². The van der Waals surface area contributed by atoms with E-state index in [0.29, 0.717) is 13.0 Å².